The summed E-state index contributed by atoms with van der Waals surface area (Å²) in [5.41, 5.74) is 13.1. The normalized spacial score (nSPS) is 10.1. The van der Waals surface area contributed by atoms with Crippen LogP contribution in [0, 0.1) is 11.3 Å². The molecule has 2 rings (SSSR count). The number of anilines is 2. The van der Waals surface area contributed by atoms with Gasteiger partial charge in [-0.15, -0.1) is 11.3 Å². The second-order valence-corrected chi connectivity index (χ2v) is 3.66. The zero-order valence-corrected chi connectivity index (χ0v) is 7.56. The summed E-state index contributed by atoms with van der Waals surface area (Å²) in [6.45, 7) is 0. The molecule has 0 aliphatic heterocycles. The zero-order chi connectivity index (χ0) is 9.42. The maximum Gasteiger partial charge on any atom is 0.1000 e. The molecule has 0 saturated carbocycles. The van der Waals surface area contributed by atoms with Crippen LogP contribution in [0.25, 0.3) is 10.1 Å². The number of fused-ring (bicyclic) bond motifs is 1. The van der Waals surface area contributed by atoms with Crippen molar-refractivity contribution in [2.75, 3.05) is 11.5 Å². The Hall–Kier alpha value is -1.73. The molecular weight excluding hydrogens is 182 g/mol. The van der Waals surface area contributed by atoms with Crippen molar-refractivity contribution in [2.45, 2.75) is 0 Å². The highest BCUT2D eigenvalue weighted by atomic mass is 32.1. The molecular formula is C9H7N3S. The van der Waals surface area contributed by atoms with Crippen molar-refractivity contribution in [3.8, 4) is 6.07 Å². The van der Waals surface area contributed by atoms with E-state index < -0.39 is 0 Å². The van der Waals surface area contributed by atoms with Crippen molar-refractivity contribution in [1.82, 2.24) is 0 Å². The van der Waals surface area contributed by atoms with E-state index in [0.29, 0.717) is 16.9 Å². The summed E-state index contributed by atoms with van der Waals surface area (Å²) in [6, 6.07) is 5.56. The van der Waals surface area contributed by atoms with E-state index >= 15 is 0 Å². The van der Waals surface area contributed by atoms with Crippen LogP contribution in [-0.2, 0) is 0 Å². The Kier molecular flexibility index (Phi) is 1.61. The van der Waals surface area contributed by atoms with Crippen LogP contribution < -0.4 is 11.5 Å². The van der Waals surface area contributed by atoms with Gasteiger partial charge >= 0.3 is 0 Å². The number of nitriles is 1. The summed E-state index contributed by atoms with van der Waals surface area (Å²) in [7, 11) is 0. The summed E-state index contributed by atoms with van der Waals surface area (Å²) in [5.74, 6) is 0. The Morgan fingerprint density at radius 2 is 2.08 bits per heavy atom. The lowest BCUT2D eigenvalue weighted by Crippen LogP contribution is -1.88. The van der Waals surface area contributed by atoms with Crippen LogP contribution in [0.1, 0.15) is 5.56 Å². The maximum absolute atomic E-state index is 8.85. The molecule has 0 bridgehead atoms. The van der Waals surface area contributed by atoms with Gasteiger partial charge in [0.25, 0.3) is 0 Å². The highest BCUT2D eigenvalue weighted by Gasteiger charge is 2.07. The van der Waals surface area contributed by atoms with Gasteiger partial charge in [0.2, 0.25) is 0 Å². The summed E-state index contributed by atoms with van der Waals surface area (Å²) in [4.78, 5) is 0. The molecule has 0 unspecified atom stereocenters. The number of benzene rings is 1. The largest absolute Gasteiger partial charge is 0.399 e. The lowest BCUT2D eigenvalue weighted by Gasteiger charge is -1.97. The molecule has 0 fully saturated rings. The Bertz CT molecular complexity index is 507. The Labute approximate surface area is 79.2 Å². The Morgan fingerprint density at radius 1 is 1.31 bits per heavy atom. The third-order valence-electron chi connectivity index (χ3n) is 1.85. The zero-order valence-electron chi connectivity index (χ0n) is 6.74. The van der Waals surface area contributed by atoms with Gasteiger partial charge in [-0.1, -0.05) is 0 Å². The standard InChI is InChI=1S/C9H7N3S/c10-3-5-1-6(11)2-8-9(5)7(12)4-13-8/h1-2,4H,11-12H2. The molecule has 4 heteroatoms. The fourth-order valence-corrected chi connectivity index (χ4v) is 2.22. The lowest BCUT2D eigenvalue weighted by atomic mass is 10.1. The van der Waals surface area contributed by atoms with Gasteiger partial charge in [-0.2, -0.15) is 5.26 Å². The van der Waals surface area contributed by atoms with Crippen molar-refractivity contribution in [1.29, 1.82) is 5.26 Å². The Morgan fingerprint density at radius 3 is 2.77 bits per heavy atom. The van der Waals surface area contributed by atoms with E-state index in [1.165, 1.54) is 11.3 Å². The van der Waals surface area contributed by atoms with E-state index in [2.05, 4.69) is 6.07 Å². The first-order valence-corrected chi connectivity index (χ1v) is 4.56. The number of thiophene rings is 1. The van der Waals surface area contributed by atoms with Crippen LogP contribution in [-0.4, -0.2) is 0 Å². The number of nitrogens with two attached hydrogens (primary N) is 2. The minimum absolute atomic E-state index is 0.550. The molecule has 2 aromatic rings. The maximum atomic E-state index is 8.85. The molecule has 13 heavy (non-hydrogen) atoms. The molecule has 0 amide bonds. The molecule has 0 saturated heterocycles. The molecule has 1 aromatic heterocycles. The van der Waals surface area contributed by atoms with Gasteiger partial charge < -0.3 is 11.5 Å². The molecule has 0 atom stereocenters. The van der Waals surface area contributed by atoms with Gasteiger partial charge in [0.1, 0.15) is 0 Å². The Balaban J connectivity index is 2.95. The molecule has 0 spiro atoms. The van der Waals surface area contributed by atoms with Crippen molar-refractivity contribution in [3.05, 3.63) is 23.1 Å². The van der Waals surface area contributed by atoms with Crippen molar-refractivity contribution in [3.63, 3.8) is 0 Å². The molecule has 4 N–H and O–H groups in total. The second kappa shape index (κ2) is 2.64. The monoisotopic (exact) mass is 189 g/mol. The van der Waals surface area contributed by atoms with E-state index in [9.17, 15) is 0 Å². The first-order valence-electron chi connectivity index (χ1n) is 3.68. The van der Waals surface area contributed by atoms with Gasteiger partial charge in [-0.3, -0.25) is 0 Å². The molecule has 0 aliphatic rings. The van der Waals surface area contributed by atoms with Crippen LogP contribution in [0.2, 0.25) is 0 Å². The van der Waals surface area contributed by atoms with E-state index in [1.807, 2.05) is 11.4 Å². The third kappa shape index (κ3) is 1.10. The summed E-state index contributed by atoms with van der Waals surface area (Å²) < 4.78 is 0.967. The summed E-state index contributed by atoms with van der Waals surface area (Å²) in [5, 5.41) is 11.5. The van der Waals surface area contributed by atoms with Crippen LogP contribution in [0.15, 0.2) is 17.5 Å². The number of rotatable bonds is 0. The first-order chi connectivity index (χ1) is 6.22. The predicted octanol–water partition coefficient (Wildman–Crippen LogP) is 1.94. The predicted molar refractivity (Wildman–Crippen MR) is 55.4 cm³/mol. The van der Waals surface area contributed by atoms with Crippen LogP contribution >= 0.6 is 11.3 Å². The average Bonchev–Trinajstić information content (AvgIpc) is 2.46. The SMILES string of the molecule is N#Cc1cc(N)cc2scc(N)c12. The van der Waals surface area contributed by atoms with Crippen LogP contribution in [0.3, 0.4) is 0 Å². The smallest absolute Gasteiger partial charge is 0.1000 e. The molecule has 1 heterocycles. The van der Waals surface area contributed by atoms with E-state index in [0.717, 1.165) is 10.1 Å². The minimum Gasteiger partial charge on any atom is -0.399 e. The molecule has 64 valence electrons. The minimum atomic E-state index is 0.550. The number of nitrogens with zero attached hydrogens (tertiary/aromatic N) is 1. The quantitative estimate of drug-likeness (QED) is 0.622. The van der Waals surface area contributed by atoms with E-state index in [1.54, 1.807) is 6.07 Å². The van der Waals surface area contributed by atoms with Gasteiger partial charge in [-0.05, 0) is 12.1 Å². The second-order valence-electron chi connectivity index (χ2n) is 2.74. The van der Waals surface area contributed by atoms with Gasteiger partial charge in [0, 0.05) is 21.2 Å². The summed E-state index contributed by atoms with van der Waals surface area (Å²) >= 11 is 1.50. The highest BCUT2D eigenvalue weighted by molar-refractivity contribution is 7.17. The molecule has 3 nitrogen and oxygen atoms in total. The average molecular weight is 189 g/mol. The van der Waals surface area contributed by atoms with Gasteiger partial charge in [-0.25, -0.2) is 0 Å². The van der Waals surface area contributed by atoms with Crippen molar-refractivity contribution < 1.29 is 0 Å². The summed E-state index contributed by atoms with van der Waals surface area (Å²) in [6.07, 6.45) is 0. The topological polar surface area (TPSA) is 75.8 Å². The first kappa shape index (κ1) is 7.90. The number of nitrogen functional groups attached to an aromatic ring is 2. The molecule has 0 radical (unpaired) electrons. The lowest BCUT2D eigenvalue weighted by molar-refractivity contribution is 1.51. The van der Waals surface area contributed by atoms with Crippen LogP contribution in [0.4, 0.5) is 11.4 Å². The van der Waals surface area contributed by atoms with Gasteiger partial charge in [0.05, 0.1) is 17.3 Å². The number of hydrogen-bond acceptors (Lipinski definition) is 4. The number of hydrogen-bond donors (Lipinski definition) is 2. The fourth-order valence-electron chi connectivity index (χ4n) is 1.30. The molecule has 1 aromatic carbocycles. The van der Waals surface area contributed by atoms with E-state index in [-0.39, 0.29) is 0 Å². The van der Waals surface area contributed by atoms with E-state index in [4.69, 9.17) is 16.7 Å². The van der Waals surface area contributed by atoms with Crippen molar-refractivity contribution >= 4 is 32.8 Å². The highest BCUT2D eigenvalue weighted by Crippen LogP contribution is 2.32. The van der Waals surface area contributed by atoms with Gasteiger partial charge in [0.15, 0.2) is 0 Å². The fraction of sp³-hybridized carbons (Fsp3) is 0. The molecule has 0 aliphatic carbocycles. The third-order valence-corrected chi connectivity index (χ3v) is 2.79. The van der Waals surface area contributed by atoms with Crippen LogP contribution in [0.5, 0.6) is 0 Å². The van der Waals surface area contributed by atoms with Crippen molar-refractivity contribution in [2.24, 2.45) is 0 Å².